The van der Waals surface area contributed by atoms with Crippen LogP contribution in [-0.4, -0.2) is 8.42 Å². The van der Waals surface area contributed by atoms with Gasteiger partial charge >= 0.3 is 0 Å². The van der Waals surface area contributed by atoms with Crippen LogP contribution in [0.5, 0.6) is 0 Å². The number of benzene rings is 2. The molecule has 0 spiro atoms. The van der Waals surface area contributed by atoms with Crippen molar-refractivity contribution in [3.63, 3.8) is 0 Å². The first-order valence-electron chi connectivity index (χ1n) is 5.74. The number of anilines is 2. The third-order valence-electron chi connectivity index (χ3n) is 2.79. The first kappa shape index (κ1) is 15.7. The van der Waals surface area contributed by atoms with Crippen LogP contribution in [0.25, 0.3) is 0 Å². The van der Waals surface area contributed by atoms with Gasteiger partial charge in [-0.05, 0) is 52.7 Å². The van der Waals surface area contributed by atoms with Gasteiger partial charge in [-0.25, -0.2) is 17.2 Å². The molecule has 4 nitrogen and oxygen atoms in total. The van der Waals surface area contributed by atoms with Crippen molar-refractivity contribution >= 4 is 37.3 Å². The fourth-order valence-electron chi connectivity index (χ4n) is 1.65. The minimum absolute atomic E-state index is 0.0317. The second-order valence-electron chi connectivity index (χ2n) is 4.37. The molecule has 2 rings (SSSR count). The van der Waals surface area contributed by atoms with Gasteiger partial charge in [-0.2, -0.15) is 0 Å². The summed E-state index contributed by atoms with van der Waals surface area (Å²) in [6.07, 6.45) is 0. The zero-order valence-electron chi connectivity index (χ0n) is 10.8. The summed E-state index contributed by atoms with van der Waals surface area (Å²) in [4.78, 5) is -0.0650. The van der Waals surface area contributed by atoms with E-state index in [2.05, 4.69) is 20.7 Å². The number of sulfonamides is 1. The van der Waals surface area contributed by atoms with Gasteiger partial charge in [-0.1, -0.05) is 0 Å². The molecule has 2 aromatic carbocycles. The summed E-state index contributed by atoms with van der Waals surface area (Å²) in [5, 5.41) is 0. The zero-order valence-corrected chi connectivity index (χ0v) is 13.2. The molecule has 0 radical (unpaired) electrons. The lowest BCUT2D eigenvalue weighted by molar-refractivity contribution is 0.581. The first-order chi connectivity index (χ1) is 9.70. The lowest BCUT2D eigenvalue weighted by atomic mass is 10.2. The summed E-state index contributed by atoms with van der Waals surface area (Å²) >= 11 is 2.92. The number of halogens is 3. The Morgan fingerprint density at radius 3 is 2.43 bits per heavy atom. The van der Waals surface area contributed by atoms with E-state index >= 15 is 0 Å². The van der Waals surface area contributed by atoms with Crippen molar-refractivity contribution in [2.45, 2.75) is 11.8 Å². The Balaban J connectivity index is 2.44. The molecular formula is C13H11BrF2N2O2S. The average Bonchev–Trinajstić information content (AvgIpc) is 2.37. The van der Waals surface area contributed by atoms with Crippen LogP contribution < -0.4 is 10.5 Å². The van der Waals surface area contributed by atoms with E-state index in [1.54, 1.807) is 6.92 Å². The van der Waals surface area contributed by atoms with Crippen molar-refractivity contribution in [2.24, 2.45) is 0 Å². The van der Waals surface area contributed by atoms with E-state index in [1.807, 2.05) is 0 Å². The number of hydrogen-bond donors (Lipinski definition) is 2. The molecule has 0 aromatic heterocycles. The maximum absolute atomic E-state index is 13.7. The quantitative estimate of drug-likeness (QED) is 0.806. The smallest absolute Gasteiger partial charge is 0.262 e. The Kier molecular flexibility index (Phi) is 4.20. The second-order valence-corrected chi connectivity index (χ2v) is 6.91. The van der Waals surface area contributed by atoms with Crippen LogP contribution in [0.1, 0.15) is 5.56 Å². The van der Waals surface area contributed by atoms with Gasteiger partial charge in [0.25, 0.3) is 10.0 Å². The molecule has 0 bridgehead atoms. The molecule has 0 saturated carbocycles. The largest absolute Gasteiger partial charge is 0.399 e. The normalized spacial score (nSPS) is 11.4. The molecule has 112 valence electrons. The van der Waals surface area contributed by atoms with E-state index in [4.69, 9.17) is 5.73 Å². The van der Waals surface area contributed by atoms with Gasteiger partial charge in [0.15, 0.2) is 5.82 Å². The van der Waals surface area contributed by atoms with Gasteiger partial charge in [0.2, 0.25) is 0 Å². The topological polar surface area (TPSA) is 72.2 Å². The van der Waals surface area contributed by atoms with Crippen molar-refractivity contribution in [3.05, 3.63) is 52.0 Å². The molecule has 0 atom stereocenters. The van der Waals surface area contributed by atoms with E-state index in [9.17, 15) is 17.2 Å². The molecule has 21 heavy (non-hydrogen) atoms. The molecule has 8 heteroatoms. The molecule has 0 aliphatic carbocycles. The summed E-state index contributed by atoms with van der Waals surface area (Å²) in [6.45, 7) is 1.66. The summed E-state index contributed by atoms with van der Waals surface area (Å²) in [5.41, 5.74) is 6.30. The number of rotatable bonds is 3. The van der Waals surface area contributed by atoms with E-state index in [1.165, 1.54) is 18.2 Å². The van der Waals surface area contributed by atoms with E-state index < -0.39 is 21.7 Å². The second kappa shape index (κ2) is 5.61. The van der Waals surface area contributed by atoms with Crippen molar-refractivity contribution in [1.29, 1.82) is 0 Å². The Bertz CT molecular complexity index is 787. The van der Waals surface area contributed by atoms with Gasteiger partial charge in [0.1, 0.15) is 5.82 Å². The van der Waals surface area contributed by atoms with Gasteiger partial charge in [-0.15, -0.1) is 0 Å². The lowest BCUT2D eigenvalue weighted by Crippen LogP contribution is -2.15. The standard InChI is InChI=1S/C13H11BrF2N2O2S/c1-7-4-9(2-3-12(7)17)21(19,20)18-13-10(14)5-8(15)6-11(13)16/h2-6,18H,17H2,1H3. The van der Waals surface area contributed by atoms with Crippen molar-refractivity contribution in [1.82, 2.24) is 0 Å². The maximum atomic E-state index is 13.7. The Hall–Kier alpha value is -1.67. The Morgan fingerprint density at radius 1 is 1.19 bits per heavy atom. The van der Waals surface area contributed by atoms with E-state index in [0.717, 1.165) is 6.07 Å². The number of nitrogens with one attached hydrogen (secondary N) is 1. The number of nitrogens with two attached hydrogens (primary N) is 1. The van der Waals surface area contributed by atoms with Crippen LogP contribution in [-0.2, 0) is 10.0 Å². The zero-order chi connectivity index (χ0) is 15.8. The molecule has 0 aliphatic rings. The first-order valence-corrected chi connectivity index (χ1v) is 8.02. The van der Waals surface area contributed by atoms with Gasteiger partial charge < -0.3 is 5.73 Å². The van der Waals surface area contributed by atoms with Crippen LogP contribution in [0.15, 0.2) is 39.7 Å². The van der Waals surface area contributed by atoms with Gasteiger partial charge in [0.05, 0.1) is 10.6 Å². The fraction of sp³-hybridized carbons (Fsp3) is 0.0769. The van der Waals surface area contributed by atoms with Crippen LogP contribution in [0.2, 0.25) is 0 Å². The van der Waals surface area contributed by atoms with Gasteiger partial charge in [0, 0.05) is 16.2 Å². The predicted molar refractivity (Wildman–Crippen MR) is 80.5 cm³/mol. The van der Waals surface area contributed by atoms with Crippen LogP contribution in [0.4, 0.5) is 20.2 Å². The minimum Gasteiger partial charge on any atom is -0.399 e. The highest BCUT2D eigenvalue weighted by Gasteiger charge is 2.19. The highest BCUT2D eigenvalue weighted by Crippen LogP contribution is 2.29. The molecule has 2 aromatic rings. The molecule has 0 saturated heterocycles. The van der Waals surface area contributed by atoms with E-state index in [-0.39, 0.29) is 15.1 Å². The SMILES string of the molecule is Cc1cc(S(=O)(=O)Nc2c(F)cc(F)cc2Br)ccc1N. The average molecular weight is 377 g/mol. The Labute approximate surface area is 129 Å². The van der Waals surface area contributed by atoms with Crippen molar-refractivity contribution < 1.29 is 17.2 Å². The van der Waals surface area contributed by atoms with Crippen LogP contribution >= 0.6 is 15.9 Å². The highest BCUT2D eigenvalue weighted by atomic mass is 79.9. The third-order valence-corrected chi connectivity index (χ3v) is 4.77. The van der Waals surface area contributed by atoms with Gasteiger partial charge in [-0.3, -0.25) is 4.72 Å². The number of aryl methyl sites for hydroxylation is 1. The summed E-state index contributed by atoms with van der Waals surface area (Å²) < 4.78 is 53.2. The molecule has 3 N–H and O–H groups in total. The molecule has 0 heterocycles. The molecule has 0 amide bonds. The highest BCUT2D eigenvalue weighted by molar-refractivity contribution is 9.10. The van der Waals surface area contributed by atoms with Crippen molar-refractivity contribution in [2.75, 3.05) is 10.5 Å². The predicted octanol–water partition coefficient (Wildman–Crippen LogP) is 3.42. The van der Waals surface area contributed by atoms with E-state index in [0.29, 0.717) is 17.3 Å². The molecule has 0 fully saturated rings. The minimum atomic E-state index is -4.01. The van der Waals surface area contributed by atoms with Crippen LogP contribution in [0, 0.1) is 18.6 Å². The molecule has 0 aliphatic heterocycles. The van der Waals surface area contributed by atoms with Crippen LogP contribution in [0.3, 0.4) is 0 Å². The number of nitrogen functional groups attached to an aromatic ring is 1. The number of hydrogen-bond acceptors (Lipinski definition) is 3. The lowest BCUT2D eigenvalue weighted by Gasteiger charge is -2.12. The summed E-state index contributed by atoms with van der Waals surface area (Å²) in [7, 11) is -4.01. The third kappa shape index (κ3) is 3.33. The molecule has 0 unspecified atom stereocenters. The fourth-order valence-corrected chi connectivity index (χ4v) is 3.46. The monoisotopic (exact) mass is 376 g/mol. The van der Waals surface area contributed by atoms with Crippen molar-refractivity contribution in [3.8, 4) is 0 Å². The molecular weight excluding hydrogens is 366 g/mol. The summed E-state index contributed by atoms with van der Waals surface area (Å²) in [5.74, 6) is -1.83. The summed E-state index contributed by atoms with van der Waals surface area (Å²) in [6, 6.07) is 5.68. The maximum Gasteiger partial charge on any atom is 0.262 e. The Morgan fingerprint density at radius 2 is 1.86 bits per heavy atom.